The van der Waals surface area contributed by atoms with Gasteiger partial charge in [-0.2, -0.15) is 0 Å². The van der Waals surface area contributed by atoms with Gasteiger partial charge in [-0.15, -0.1) is 0 Å². The summed E-state index contributed by atoms with van der Waals surface area (Å²) in [4.78, 5) is 23.8. The van der Waals surface area contributed by atoms with Gasteiger partial charge in [0, 0.05) is 37.0 Å². The van der Waals surface area contributed by atoms with E-state index in [1.54, 1.807) is 24.4 Å². The van der Waals surface area contributed by atoms with Crippen molar-refractivity contribution in [1.82, 2.24) is 20.2 Å². The van der Waals surface area contributed by atoms with E-state index in [-0.39, 0.29) is 10.9 Å². The van der Waals surface area contributed by atoms with Crippen LogP contribution in [0.4, 0.5) is 10.3 Å². The number of likely N-dealkylation sites (tertiary alicyclic amines) is 1. The number of carbonyl (C=O) groups excluding carboxylic acids is 1. The van der Waals surface area contributed by atoms with Crippen molar-refractivity contribution in [3.05, 3.63) is 76.7 Å². The maximum atomic E-state index is 13.6. The average Bonchev–Trinajstić information content (AvgIpc) is 3.35. The summed E-state index contributed by atoms with van der Waals surface area (Å²) in [6.07, 6.45) is 4.76. The van der Waals surface area contributed by atoms with Crippen molar-refractivity contribution in [2.75, 3.05) is 38.0 Å². The van der Waals surface area contributed by atoms with Crippen molar-refractivity contribution in [1.29, 1.82) is 0 Å². The zero-order chi connectivity index (χ0) is 23.0. The first kappa shape index (κ1) is 23.1. The molecule has 8 heteroatoms. The molecule has 0 bridgehead atoms. The predicted molar refractivity (Wildman–Crippen MR) is 129 cm³/mol. The number of halogens is 2. The summed E-state index contributed by atoms with van der Waals surface area (Å²) >= 11 is 5.73. The van der Waals surface area contributed by atoms with Crippen LogP contribution in [-0.4, -0.2) is 53.5 Å². The van der Waals surface area contributed by atoms with Crippen LogP contribution < -0.4 is 10.6 Å². The maximum absolute atomic E-state index is 13.6. The molecular formula is C25H27ClFN5O. The topological polar surface area (TPSA) is 70.2 Å². The van der Waals surface area contributed by atoms with Gasteiger partial charge in [-0.05, 0) is 68.2 Å². The summed E-state index contributed by atoms with van der Waals surface area (Å²) < 4.78 is 13.6. The fourth-order valence-corrected chi connectivity index (χ4v) is 3.99. The Morgan fingerprint density at radius 1 is 1.09 bits per heavy atom. The van der Waals surface area contributed by atoms with Crippen LogP contribution in [0.1, 0.15) is 28.8 Å². The number of aromatic nitrogens is 2. The molecule has 1 aliphatic rings. The Bertz CT molecular complexity index is 1100. The number of carbonyl (C=O) groups is 1. The number of nitrogens with zero attached hydrogens (tertiary/aromatic N) is 3. The Labute approximate surface area is 198 Å². The van der Waals surface area contributed by atoms with E-state index in [0.717, 1.165) is 36.5 Å². The Hall–Kier alpha value is -3.03. The summed E-state index contributed by atoms with van der Waals surface area (Å²) in [6, 6.07) is 14.0. The monoisotopic (exact) mass is 467 g/mol. The van der Waals surface area contributed by atoms with Gasteiger partial charge >= 0.3 is 0 Å². The normalized spacial score (nSPS) is 13.8. The predicted octanol–water partition coefficient (Wildman–Crippen LogP) is 4.42. The molecule has 0 saturated carbocycles. The van der Waals surface area contributed by atoms with E-state index in [4.69, 9.17) is 11.6 Å². The molecule has 2 aromatic carbocycles. The van der Waals surface area contributed by atoms with E-state index in [9.17, 15) is 9.18 Å². The molecule has 0 radical (unpaired) electrons. The Balaban J connectivity index is 1.34. The molecule has 1 fully saturated rings. The molecule has 4 rings (SSSR count). The van der Waals surface area contributed by atoms with Gasteiger partial charge in [0.2, 0.25) is 5.95 Å². The lowest BCUT2D eigenvalue weighted by Crippen LogP contribution is -2.33. The van der Waals surface area contributed by atoms with E-state index in [1.807, 2.05) is 24.3 Å². The minimum absolute atomic E-state index is 0.0846. The highest BCUT2D eigenvalue weighted by atomic mass is 35.5. The molecule has 0 spiro atoms. The molecule has 0 unspecified atom stereocenters. The Morgan fingerprint density at radius 3 is 2.76 bits per heavy atom. The van der Waals surface area contributed by atoms with Crippen LogP contribution >= 0.6 is 11.6 Å². The summed E-state index contributed by atoms with van der Waals surface area (Å²) in [5.74, 6) is -0.0339. The van der Waals surface area contributed by atoms with Gasteiger partial charge in [0.25, 0.3) is 5.91 Å². The molecule has 1 saturated heterocycles. The van der Waals surface area contributed by atoms with Crippen molar-refractivity contribution in [3.8, 4) is 11.3 Å². The number of rotatable bonds is 9. The van der Waals surface area contributed by atoms with Gasteiger partial charge < -0.3 is 15.5 Å². The first-order chi connectivity index (χ1) is 16.1. The Morgan fingerprint density at radius 2 is 1.94 bits per heavy atom. The molecule has 33 heavy (non-hydrogen) atoms. The van der Waals surface area contributed by atoms with Gasteiger partial charge in [-0.3, -0.25) is 4.79 Å². The number of amides is 1. The van der Waals surface area contributed by atoms with E-state index < -0.39 is 5.82 Å². The third kappa shape index (κ3) is 6.49. The summed E-state index contributed by atoms with van der Waals surface area (Å²) in [6.45, 7) is 4.30. The highest BCUT2D eigenvalue weighted by molar-refractivity contribution is 6.30. The third-order valence-electron chi connectivity index (χ3n) is 5.67. The second kappa shape index (κ2) is 11.2. The van der Waals surface area contributed by atoms with Gasteiger partial charge in [0.05, 0.1) is 10.7 Å². The average molecular weight is 468 g/mol. The SMILES string of the molecule is O=C(NCCN1CCCC1)c1cccc(-c2ccnc(NCCc3ccc(Cl)c(F)c3)n2)c1. The summed E-state index contributed by atoms with van der Waals surface area (Å²) in [5.41, 5.74) is 3.00. The fourth-order valence-electron chi connectivity index (χ4n) is 3.87. The molecular weight excluding hydrogens is 441 g/mol. The molecule has 1 amide bonds. The second-order valence-electron chi connectivity index (χ2n) is 8.08. The van der Waals surface area contributed by atoms with E-state index in [2.05, 4.69) is 25.5 Å². The van der Waals surface area contributed by atoms with Crippen molar-refractivity contribution in [2.24, 2.45) is 0 Å². The molecule has 0 aliphatic carbocycles. The molecule has 6 nitrogen and oxygen atoms in total. The van der Waals surface area contributed by atoms with Crippen molar-refractivity contribution >= 4 is 23.5 Å². The number of benzene rings is 2. The number of nitrogens with one attached hydrogen (secondary N) is 2. The van der Waals surface area contributed by atoms with Gasteiger partial charge in [0.1, 0.15) is 5.82 Å². The summed E-state index contributed by atoms with van der Waals surface area (Å²) in [5, 5.41) is 6.29. The fraction of sp³-hybridized carbons (Fsp3) is 0.320. The van der Waals surface area contributed by atoms with E-state index >= 15 is 0 Å². The molecule has 1 aliphatic heterocycles. The highest BCUT2D eigenvalue weighted by Crippen LogP contribution is 2.20. The van der Waals surface area contributed by atoms with Crippen LogP contribution in [-0.2, 0) is 6.42 Å². The first-order valence-electron chi connectivity index (χ1n) is 11.2. The van der Waals surface area contributed by atoms with E-state index in [0.29, 0.717) is 31.0 Å². The van der Waals surface area contributed by atoms with E-state index in [1.165, 1.54) is 18.9 Å². The second-order valence-corrected chi connectivity index (χ2v) is 8.48. The van der Waals surface area contributed by atoms with Gasteiger partial charge in [-0.1, -0.05) is 29.8 Å². The lowest BCUT2D eigenvalue weighted by molar-refractivity contribution is 0.0950. The minimum atomic E-state index is -0.424. The van der Waals surface area contributed by atoms with Crippen LogP contribution in [0.25, 0.3) is 11.3 Å². The Kier molecular flexibility index (Phi) is 7.86. The third-order valence-corrected chi connectivity index (χ3v) is 5.98. The number of anilines is 1. The zero-order valence-corrected chi connectivity index (χ0v) is 19.1. The quantitative estimate of drug-likeness (QED) is 0.487. The molecule has 172 valence electrons. The number of hydrogen-bond donors (Lipinski definition) is 2. The summed E-state index contributed by atoms with van der Waals surface area (Å²) in [7, 11) is 0. The largest absolute Gasteiger partial charge is 0.354 e. The maximum Gasteiger partial charge on any atom is 0.251 e. The minimum Gasteiger partial charge on any atom is -0.354 e. The van der Waals surface area contributed by atoms with Crippen LogP contribution in [0, 0.1) is 5.82 Å². The van der Waals surface area contributed by atoms with Crippen molar-refractivity contribution < 1.29 is 9.18 Å². The van der Waals surface area contributed by atoms with Crippen LogP contribution in [0.3, 0.4) is 0 Å². The van der Waals surface area contributed by atoms with Gasteiger partial charge in [0.15, 0.2) is 0 Å². The standard InChI is InChI=1S/C25H27ClFN5O/c26-21-7-6-18(16-22(21)27)8-10-29-25-30-11-9-23(31-25)19-4-3-5-20(17-19)24(33)28-12-15-32-13-1-2-14-32/h3-7,9,11,16-17H,1-2,8,10,12-15H2,(H,28,33)(H,29,30,31). The molecule has 2 heterocycles. The first-order valence-corrected chi connectivity index (χ1v) is 11.6. The molecule has 0 atom stereocenters. The lowest BCUT2D eigenvalue weighted by Gasteiger charge is -2.14. The van der Waals surface area contributed by atoms with Crippen LogP contribution in [0.5, 0.6) is 0 Å². The number of hydrogen-bond acceptors (Lipinski definition) is 5. The lowest BCUT2D eigenvalue weighted by atomic mass is 10.1. The smallest absolute Gasteiger partial charge is 0.251 e. The van der Waals surface area contributed by atoms with Crippen LogP contribution in [0.2, 0.25) is 5.02 Å². The van der Waals surface area contributed by atoms with Crippen molar-refractivity contribution in [2.45, 2.75) is 19.3 Å². The molecule has 2 N–H and O–H groups in total. The zero-order valence-electron chi connectivity index (χ0n) is 18.4. The van der Waals surface area contributed by atoms with Crippen LogP contribution in [0.15, 0.2) is 54.7 Å². The molecule has 1 aromatic heterocycles. The van der Waals surface area contributed by atoms with Crippen molar-refractivity contribution in [3.63, 3.8) is 0 Å². The highest BCUT2D eigenvalue weighted by Gasteiger charge is 2.12. The van der Waals surface area contributed by atoms with Gasteiger partial charge in [-0.25, -0.2) is 14.4 Å². The molecule has 3 aromatic rings.